The summed E-state index contributed by atoms with van der Waals surface area (Å²) in [6.45, 7) is 15.5. The number of likely N-dealkylation sites (tertiary alicyclic amines) is 1. The van der Waals surface area contributed by atoms with Crippen LogP contribution in [0, 0.1) is 23.7 Å². The number of amides is 4. The maximum Gasteiger partial charge on any atom is 0.328 e. The molecule has 1 heterocycles. The van der Waals surface area contributed by atoms with Crippen LogP contribution in [0.5, 0.6) is 0 Å². The van der Waals surface area contributed by atoms with Crippen LogP contribution in [-0.2, 0) is 44.6 Å². The summed E-state index contributed by atoms with van der Waals surface area (Å²) >= 11 is 0. The molecule has 0 bridgehead atoms. The van der Waals surface area contributed by atoms with E-state index < -0.39 is 53.5 Å². The van der Waals surface area contributed by atoms with Crippen molar-refractivity contribution in [3.8, 4) is 0 Å². The third kappa shape index (κ3) is 11.8. The Balaban J connectivity index is 2.30. The molecule has 13 heteroatoms. The summed E-state index contributed by atoms with van der Waals surface area (Å²) in [4.78, 5) is 71.0. The first-order valence-electron chi connectivity index (χ1n) is 19.0. The van der Waals surface area contributed by atoms with Crippen LogP contribution in [0.4, 0.5) is 0 Å². The fourth-order valence-electron chi connectivity index (χ4n) is 7.41. The maximum atomic E-state index is 14.2. The summed E-state index contributed by atoms with van der Waals surface area (Å²) in [5.41, 5.74) is 5.91. The number of esters is 1. The molecule has 0 spiro atoms. The number of carbonyl (C=O) groups excluding carboxylic acids is 5. The van der Waals surface area contributed by atoms with Gasteiger partial charge in [0.05, 0.1) is 49.3 Å². The lowest BCUT2D eigenvalue weighted by atomic mass is 9.87. The summed E-state index contributed by atoms with van der Waals surface area (Å²) in [6.07, 6.45) is 1.19. The minimum atomic E-state index is -1.23. The van der Waals surface area contributed by atoms with Gasteiger partial charge in [-0.05, 0) is 50.1 Å². The summed E-state index contributed by atoms with van der Waals surface area (Å²) in [7, 11) is 6.22. The second kappa shape index (κ2) is 20.9. The topological polar surface area (TPSA) is 170 Å². The lowest BCUT2D eigenvalue weighted by molar-refractivity contribution is -0.147. The van der Waals surface area contributed by atoms with E-state index in [-0.39, 0.29) is 54.5 Å². The van der Waals surface area contributed by atoms with Crippen LogP contribution in [0.3, 0.4) is 0 Å². The van der Waals surface area contributed by atoms with Gasteiger partial charge in [0.25, 0.3) is 0 Å². The number of rotatable bonds is 20. The maximum absolute atomic E-state index is 14.2. The van der Waals surface area contributed by atoms with E-state index in [1.807, 2.05) is 76.9 Å². The predicted octanol–water partition coefficient (Wildman–Crippen LogP) is 3.32. The average Bonchev–Trinajstić information content (AvgIpc) is 3.60. The number of hydrogen-bond acceptors (Lipinski definition) is 10. The molecule has 0 aromatic heterocycles. The minimum absolute atomic E-state index is 0.0152. The van der Waals surface area contributed by atoms with E-state index in [4.69, 9.17) is 19.9 Å². The van der Waals surface area contributed by atoms with E-state index in [1.165, 1.54) is 14.2 Å². The van der Waals surface area contributed by atoms with Gasteiger partial charge in [-0.15, -0.1) is 0 Å². The Bertz CT molecular complexity index is 1360. The van der Waals surface area contributed by atoms with E-state index >= 15 is 0 Å². The number of carbonyl (C=O) groups is 5. The molecule has 300 valence electrons. The molecule has 0 radical (unpaired) electrons. The SMILES string of the molecule is CC[C@H](C)[C@@H]([C@@H](CC(=O)N1CCC[C@H]1[C@H](OC)[C@@H](C)C(=O)N[C@@H](Cc1ccccc1)C(=O)OC)OC)N(C)[C@H](C(=O)NC(=O)[C@@](C)(N)C(C)C)C(C)C. The number of ether oxygens (including phenoxy) is 3. The molecule has 1 aromatic carbocycles. The molecule has 0 aliphatic carbocycles. The van der Waals surface area contributed by atoms with E-state index in [1.54, 1.807) is 25.9 Å². The number of benzene rings is 1. The zero-order valence-electron chi connectivity index (χ0n) is 34.1. The predicted molar refractivity (Wildman–Crippen MR) is 204 cm³/mol. The van der Waals surface area contributed by atoms with Crippen LogP contribution in [-0.4, -0.2) is 116 Å². The molecule has 53 heavy (non-hydrogen) atoms. The molecule has 1 aromatic rings. The van der Waals surface area contributed by atoms with Gasteiger partial charge < -0.3 is 30.2 Å². The highest BCUT2D eigenvalue weighted by Crippen LogP contribution is 2.30. The molecular weight excluding hydrogens is 678 g/mol. The van der Waals surface area contributed by atoms with Crippen LogP contribution in [0.2, 0.25) is 0 Å². The molecule has 4 N–H and O–H groups in total. The normalized spacial score (nSPS) is 19.8. The molecule has 13 nitrogen and oxygen atoms in total. The van der Waals surface area contributed by atoms with Gasteiger partial charge >= 0.3 is 5.97 Å². The van der Waals surface area contributed by atoms with Crippen molar-refractivity contribution >= 4 is 29.6 Å². The molecule has 0 saturated carbocycles. The Kier molecular flexibility index (Phi) is 18.0. The summed E-state index contributed by atoms with van der Waals surface area (Å²) < 4.78 is 17.0. The number of methoxy groups -OCH3 is 3. The molecule has 1 aliphatic rings. The third-order valence-corrected chi connectivity index (χ3v) is 11.3. The van der Waals surface area contributed by atoms with Gasteiger partial charge in [0.15, 0.2) is 0 Å². The second-order valence-electron chi connectivity index (χ2n) is 15.5. The van der Waals surface area contributed by atoms with Crippen LogP contribution in [0.25, 0.3) is 0 Å². The monoisotopic (exact) mass is 745 g/mol. The first-order valence-corrected chi connectivity index (χ1v) is 19.0. The van der Waals surface area contributed by atoms with Gasteiger partial charge in [-0.25, -0.2) is 4.79 Å². The van der Waals surface area contributed by atoms with Crippen molar-refractivity contribution in [3.05, 3.63) is 35.9 Å². The largest absolute Gasteiger partial charge is 0.467 e. The molecule has 1 saturated heterocycles. The van der Waals surface area contributed by atoms with Crippen LogP contribution >= 0.6 is 0 Å². The highest BCUT2D eigenvalue weighted by Gasteiger charge is 2.44. The molecule has 4 amide bonds. The van der Waals surface area contributed by atoms with Crippen molar-refractivity contribution in [3.63, 3.8) is 0 Å². The third-order valence-electron chi connectivity index (χ3n) is 11.3. The minimum Gasteiger partial charge on any atom is -0.467 e. The number of nitrogens with one attached hydrogen (secondary N) is 2. The summed E-state index contributed by atoms with van der Waals surface area (Å²) in [6, 6.07) is 7.03. The summed E-state index contributed by atoms with van der Waals surface area (Å²) in [5.74, 6) is -3.12. The first kappa shape index (κ1) is 45.8. The van der Waals surface area contributed by atoms with E-state index in [2.05, 4.69) is 17.6 Å². The molecule has 1 fully saturated rings. The molecule has 9 atom stereocenters. The average molecular weight is 746 g/mol. The van der Waals surface area contributed by atoms with Gasteiger partial charge in [-0.1, -0.05) is 85.2 Å². The van der Waals surface area contributed by atoms with Gasteiger partial charge in [0.2, 0.25) is 23.6 Å². The first-order chi connectivity index (χ1) is 24.9. The molecule has 2 rings (SSSR count). The van der Waals surface area contributed by atoms with Crippen LogP contribution in [0.1, 0.15) is 86.6 Å². The number of likely N-dealkylation sites (N-methyl/N-ethyl adjacent to an activating group) is 1. The van der Waals surface area contributed by atoms with E-state index in [0.717, 1.165) is 18.4 Å². The fraction of sp³-hybridized carbons (Fsp3) is 0.725. The Morgan fingerprint density at radius 1 is 0.981 bits per heavy atom. The highest BCUT2D eigenvalue weighted by atomic mass is 16.5. The van der Waals surface area contributed by atoms with Gasteiger partial charge in [0.1, 0.15) is 6.04 Å². The van der Waals surface area contributed by atoms with Gasteiger partial charge in [0, 0.05) is 33.2 Å². The Morgan fingerprint density at radius 2 is 1.60 bits per heavy atom. The van der Waals surface area contributed by atoms with Gasteiger partial charge in [-0.3, -0.25) is 29.4 Å². The van der Waals surface area contributed by atoms with E-state index in [0.29, 0.717) is 13.0 Å². The number of hydrogen-bond donors (Lipinski definition) is 3. The Labute approximate surface area is 317 Å². The zero-order valence-corrected chi connectivity index (χ0v) is 34.1. The highest BCUT2D eigenvalue weighted by molar-refractivity contribution is 6.01. The second-order valence-corrected chi connectivity index (χ2v) is 15.5. The van der Waals surface area contributed by atoms with Crippen LogP contribution in [0.15, 0.2) is 30.3 Å². The van der Waals surface area contributed by atoms with Crippen molar-refractivity contribution in [2.24, 2.45) is 29.4 Å². The lowest BCUT2D eigenvalue weighted by Gasteiger charge is -2.43. The number of nitrogens with zero attached hydrogens (tertiary/aromatic N) is 2. The lowest BCUT2D eigenvalue weighted by Crippen LogP contribution is -2.62. The van der Waals surface area contributed by atoms with Crippen molar-refractivity contribution in [2.75, 3.05) is 34.9 Å². The van der Waals surface area contributed by atoms with Gasteiger partial charge in [-0.2, -0.15) is 0 Å². The van der Waals surface area contributed by atoms with Crippen molar-refractivity contribution in [1.82, 2.24) is 20.4 Å². The molecule has 1 aliphatic heterocycles. The smallest absolute Gasteiger partial charge is 0.328 e. The summed E-state index contributed by atoms with van der Waals surface area (Å²) in [5, 5.41) is 5.42. The molecular formula is C40H67N5O8. The number of imide groups is 1. The quantitative estimate of drug-likeness (QED) is 0.168. The standard InChI is InChI=1S/C40H67N5O8/c1-13-26(6)34(44(9)33(24(2)3)37(48)43-39(50)40(8,41)25(4)5)31(51-10)23-32(46)45-21-17-20-30(45)35(52-11)27(7)36(47)42-29(38(49)53-12)22-28-18-15-14-16-19-28/h14-16,18-19,24-27,29-31,33-35H,13,17,20-23,41H2,1-12H3,(H,42,47)(H,43,48,50)/t26-,27+,29-,30-,31+,33-,34-,35+,40-/m0/s1. The van der Waals surface area contributed by atoms with Crippen molar-refractivity contribution in [2.45, 2.75) is 129 Å². The van der Waals surface area contributed by atoms with Crippen molar-refractivity contribution < 1.29 is 38.2 Å². The van der Waals surface area contributed by atoms with Crippen molar-refractivity contribution in [1.29, 1.82) is 0 Å². The fourth-order valence-corrected chi connectivity index (χ4v) is 7.41. The van der Waals surface area contributed by atoms with E-state index in [9.17, 15) is 24.0 Å². The zero-order chi connectivity index (χ0) is 40.2. The van der Waals surface area contributed by atoms with Crippen LogP contribution < -0.4 is 16.4 Å². The Hall–Kier alpha value is -3.39. The Morgan fingerprint density at radius 3 is 2.11 bits per heavy atom. The number of nitrogens with two attached hydrogens (primary N) is 1. The molecule has 0 unspecified atom stereocenters.